The zero-order chi connectivity index (χ0) is 20.7. The van der Waals surface area contributed by atoms with E-state index in [1.807, 2.05) is 26.0 Å². The van der Waals surface area contributed by atoms with Crippen molar-refractivity contribution >= 4 is 39.7 Å². The Kier molecular flexibility index (Phi) is 4.95. The van der Waals surface area contributed by atoms with Crippen molar-refractivity contribution in [2.75, 3.05) is 6.61 Å². The maximum atomic E-state index is 12.3. The van der Waals surface area contributed by atoms with E-state index in [9.17, 15) is 4.79 Å². The zero-order valence-corrected chi connectivity index (χ0v) is 17.9. The lowest BCUT2D eigenvalue weighted by Crippen LogP contribution is -2.17. The molecule has 0 aliphatic heterocycles. The van der Waals surface area contributed by atoms with Gasteiger partial charge in [0.15, 0.2) is 10.8 Å². The van der Waals surface area contributed by atoms with Gasteiger partial charge in [-0.15, -0.1) is 0 Å². The van der Waals surface area contributed by atoms with E-state index in [4.69, 9.17) is 9.72 Å². The van der Waals surface area contributed by atoms with Gasteiger partial charge in [0.2, 0.25) is 0 Å². The molecule has 0 spiro atoms. The smallest absolute Gasteiger partial charge is 0.319 e. The minimum atomic E-state index is -0.363. The molecule has 1 fully saturated rings. The summed E-state index contributed by atoms with van der Waals surface area (Å²) in [5.41, 5.74) is 4.06. The van der Waals surface area contributed by atoms with Crippen molar-refractivity contribution in [2.24, 2.45) is 0 Å². The molecule has 0 amide bonds. The van der Waals surface area contributed by atoms with Gasteiger partial charge in [-0.1, -0.05) is 42.1 Å². The minimum Gasteiger partial charge on any atom is -0.465 e. The van der Waals surface area contributed by atoms with Gasteiger partial charge in [-0.2, -0.15) is 0 Å². The second-order valence-corrected chi connectivity index (χ2v) is 8.89. The molecule has 1 unspecified atom stereocenters. The highest BCUT2D eigenvalue weighted by Gasteiger charge is 2.27. The largest absolute Gasteiger partial charge is 0.465 e. The van der Waals surface area contributed by atoms with Gasteiger partial charge < -0.3 is 4.74 Å². The van der Waals surface area contributed by atoms with Crippen LogP contribution in [-0.2, 0) is 9.53 Å². The van der Waals surface area contributed by atoms with Crippen LogP contribution in [0.1, 0.15) is 38.2 Å². The highest BCUT2D eigenvalue weighted by Crippen LogP contribution is 2.44. The number of pyridine rings is 1. The molecule has 1 aliphatic rings. The molecule has 30 heavy (non-hydrogen) atoms. The second-order valence-electron chi connectivity index (χ2n) is 7.58. The molecule has 0 bridgehead atoms. The fourth-order valence-electron chi connectivity index (χ4n) is 3.91. The normalized spacial score (nSPS) is 14.9. The predicted octanol–water partition coefficient (Wildman–Crippen LogP) is 5.49. The number of aromatic nitrogens is 3. The van der Waals surface area contributed by atoms with E-state index in [2.05, 4.69) is 45.9 Å². The summed E-state index contributed by atoms with van der Waals surface area (Å²) in [7, 11) is 0. The minimum absolute atomic E-state index is 0.233. The average Bonchev–Trinajstić information content (AvgIpc) is 3.54. The number of rotatable bonds is 6. The Morgan fingerprint density at radius 3 is 2.73 bits per heavy atom. The molecular weight excluding hydrogens is 394 g/mol. The maximum Gasteiger partial charge on any atom is 0.319 e. The third-order valence-electron chi connectivity index (χ3n) is 5.48. The van der Waals surface area contributed by atoms with Crippen molar-refractivity contribution in [3.05, 3.63) is 60.3 Å². The first-order chi connectivity index (χ1) is 14.7. The third kappa shape index (κ3) is 3.35. The van der Waals surface area contributed by atoms with Crippen molar-refractivity contribution in [1.82, 2.24) is 14.5 Å². The average molecular weight is 418 g/mol. The third-order valence-corrected chi connectivity index (χ3v) is 6.51. The number of carbonyl (C=O) groups is 1. The molecule has 2 aromatic carbocycles. The van der Waals surface area contributed by atoms with Crippen LogP contribution in [0.4, 0.5) is 0 Å². The van der Waals surface area contributed by atoms with E-state index in [-0.39, 0.29) is 11.2 Å². The Balaban J connectivity index is 1.69. The summed E-state index contributed by atoms with van der Waals surface area (Å²) in [6.45, 7) is 4.05. The lowest BCUT2D eigenvalue weighted by molar-refractivity contribution is -0.142. The van der Waals surface area contributed by atoms with Gasteiger partial charge >= 0.3 is 5.97 Å². The molecule has 0 saturated heterocycles. The number of nitrogens with zero attached hydrogens (tertiary/aromatic N) is 3. The second kappa shape index (κ2) is 7.76. The first-order valence-corrected chi connectivity index (χ1v) is 11.2. The molecule has 5 rings (SSSR count). The summed E-state index contributed by atoms with van der Waals surface area (Å²) in [5, 5.41) is 2.84. The van der Waals surface area contributed by atoms with Crippen LogP contribution in [0.5, 0.6) is 0 Å². The van der Waals surface area contributed by atoms with Crippen molar-refractivity contribution < 1.29 is 9.53 Å². The van der Waals surface area contributed by atoms with E-state index in [1.54, 1.807) is 6.20 Å². The number of carbonyl (C=O) groups excluding carboxylic acids is 1. The Morgan fingerprint density at radius 2 is 1.97 bits per heavy atom. The molecule has 6 heteroatoms. The van der Waals surface area contributed by atoms with E-state index in [0.29, 0.717) is 12.5 Å². The molecule has 5 nitrogen and oxygen atoms in total. The van der Waals surface area contributed by atoms with Crippen molar-refractivity contribution in [2.45, 2.75) is 43.0 Å². The summed E-state index contributed by atoms with van der Waals surface area (Å²) in [6, 6.07) is 16.8. The Labute approximate surface area is 179 Å². The van der Waals surface area contributed by atoms with E-state index >= 15 is 0 Å². The lowest BCUT2D eigenvalue weighted by atomic mass is 9.99. The molecule has 2 heterocycles. The first kappa shape index (κ1) is 19.1. The Hall–Kier alpha value is -2.86. The summed E-state index contributed by atoms with van der Waals surface area (Å²) in [4.78, 5) is 21.7. The number of hydrogen-bond acceptors (Lipinski definition) is 5. The van der Waals surface area contributed by atoms with Gasteiger partial charge in [0.1, 0.15) is 10.8 Å². The monoisotopic (exact) mass is 417 g/mol. The van der Waals surface area contributed by atoms with Crippen LogP contribution in [-0.4, -0.2) is 32.4 Å². The van der Waals surface area contributed by atoms with Crippen LogP contribution >= 0.6 is 11.8 Å². The van der Waals surface area contributed by atoms with Crippen molar-refractivity contribution in [1.29, 1.82) is 0 Å². The molecular formula is C24H23N3O2S. The molecule has 4 aromatic rings. The van der Waals surface area contributed by atoms with Crippen LogP contribution < -0.4 is 0 Å². The van der Waals surface area contributed by atoms with Crippen LogP contribution in [0, 0.1) is 0 Å². The summed E-state index contributed by atoms with van der Waals surface area (Å²) >= 11 is 1.41. The number of esters is 1. The van der Waals surface area contributed by atoms with Crippen LogP contribution in [0.25, 0.3) is 27.6 Å². The SMILES string of the molecule is CCOC(=O)C(C)Sc1nc2cccnc2n1-c1ccc(C2CC2)c2ccccc12. The molecule has 152 valence electrons. The van der Waals surface area contributed by atoms with E-state index in [0.717, 1.165) is 22.0 Å². The van der Waals surface area contributed by atoms with Gasteiger partial charge in [-0.25, -0.2) is 9.97 Å². The lowest BCUT2D eigenvalue weighted by Gasteiger charge is -2.15. The number of fused-ring (bicyclic) bond motifs is 2. The molecule has 2 aromatic heterocycles. The van der Waals surface area contributed by atoms with Gasteiger partial charge in [-0.05, 0) is 61.8 Å². The summed E-state index contributed by atoms with van der Waals surface area (Å²) in [5.74, 6) is 0.433. The molecule has 1 atom stereocenters. The van der Waals surface area contributed by atoms with Gasteiger partial charge in [0.05, 0.1) is 12.3 Å². The van der Waals surface area contributed by atoms with Crippen LogP contribution in [0.2, 0.25) is 0 Å². The number of hydrogen-bond donors (Lipinski definition) is 0. The molecule has 0 radical (unpaired) electrons. The van der Waals surface area contributed by atoms with Crippen LogP contribution in [0.3, 0.4) is 0 Å². The van der Waals surface area contributed by atoms with E-state index < -0.39 is 0 Å². The maximum absolute atomic E-state index is 12.3. The van der Waals surface area contributed by atoms with Crippen molar-refractivity contribution in [3.63, 3.8) is 0 Å². The Bertz CT molecular complexity index is 1250. The zero-order valence-electron chi connectivity index (χ0n) is 17.0. The molecule has 0 N–H and O–H groups in total. The Morgan fingerprint density at radius 1 is 1.17 bits per heavy atom. The quantitative estimate of drug-likeness (QED) is 0.306. The van der Waals surface area contributed by atoms with Gasteiger partial charge in [-0.3, -0.25) is 9.36 Å². The van der Waals surface area contributed by atoms with Crippen LogP contribution in [0.15, 0.2) is 59.9 Å². The number of ether oxygens (including phenoxy) is 1. The van der Waals surface area contributed by atoms with Gasteiger partial charge in [0.25, 0.3) is 0 Å². The van der Waals surface area contributed by atoms with Crippen molar-refractivity contribution in [3.8, 4) is 5.69 Å². The first-order valence-electron chi connectivity index (χ1n) is 10.4. The van der Waals surface area contributed by atoms with E-state index in [1.165, 1.54) is 40.9 Å². The highest BCUT2D eigenvalue weighted by atomic mass is 32.2. The summed E-state index contributed by atoms with van der Waals surface area (Å²) < 4.78 is 7.28. The molecule has 1 saturated carbocycles. The molecule has 1 aliphatic carbocycles. The highest BCUT2D eigenvalue weighted by molar-refractivity contribution is 8.00. The number of benzene rings is 2. The standard InChI is InChI=1S/C24H23N3O2S/c1-3-29-23(28)15(2)30-24-26-20-9-6-14-25-22(20)27(24)21-13-12-17(16-10-11-16)18-7-4-5-8-19(18)21/h4-9,12-16H,3,10-11H2,1-2H3. The van der Waals surface area contributed by atoms with Gasteiger partial charge in [0, 0.05) is 11.6 Å². The fraction of sp³-hybridized carbons (Fsp3) is 0.292. The number of imidazole rings is 1. The topological polar surface area (TPSA) is 57.0 Å². The number of thioether (sulfide) groups is 1. The predicted molar refractivity (Wildman–Crippen MR) is 120 cm³/mol. The summed E-state index contributed by atoms with van der Waals surface area (Å²) in [6.07, 6.45) is 4.30. The fourth-order valence-corrected chi connectivity index (χ4v) is 4.83.